The van der Waals surface area contributed by atoms with Gasteiger partial charge < -0.3 is 5.11 Å². The van der Waals surface area contributed by atoms with Crippen LogP contribution in [0.5, 0.6) is 0 Å². The zero-order valence-corrected chi connectivity index (χ0v) is 13.5. The first-order valence-electron chi connectivity index (χ1n) is 6.67. The van der Waals surface area contributed by atoms with Gasteiger partial charge in [0.1, 0.15) is 5.37 Å². The van der Waals surface area contributed by atoms with E-state index >= 15 is 0 Å². The summed E-state index contributed by atoms with van der Waals surface area (Å²) in [7, 11) is -3.14. The average molecular weight is 329 g/mol. The third-order valence-corrected chi connectivity index (χ3v) is 6.21. The molecule has 1 saturated heterocycles. The number of thioether (sulfide) groups is 1. The van der Waals surface area contributed by atoms with E-state index in [1.165, 1.54) is 6.26 Å². The summed E-state index contributed by atoms with van der Waals surface area (Å²) in [5.74, 6) is 0.587. The van der Waals surface area contributed by atoms with Crippen LogP contribution in [0, 0.1) is 0 Å². The summed E-state index contributed by atoms with van der Waals surface area (Å²) in [5, 5.41) is 8.47. The highest BCUT2D eigenvalue weighted by molar-refractivity contribution is 8.00. The monoisotopic (exact) mass is 329 g/mol. The number of carboxylic acid groups (broad SMARTS) is 1. The van der Waals surface area contributed by atoms with Gasteiger partial charge in [-0.25, -0.2) is 8.42 Å². The van der Waals surface area contributed by atoms with Crippen LogP contribution in [0.25, 0.3) is 0 Å². The Morgan fingerprint density at radius 3 is 2.67 bits per heavy atom. The molecule has 0 amide bonds. The molecular weight excluding hydrogens is 310 g/mol. The normalized spacial score (nSPS) is 20.3. The summed E-state index contributed by atoms with van der Waals surface area (Å²) in [6.07, 6.45) is 1.22. The van der Waals surface area contributed by atoms with Crippen LogP contribution in [0.15, 0.2) is 24.3 Å². The highest BCUT2D eigenvalue weighted by Gasteiger charge is 2.31. The lowest BCUT2D eigenvalue weighted by Crippen LogP contribution is -2.46. The van der Waals surface area contributed by atoms with E-state index in [1.54, 1.807) is 17.8 Å². The Labute approximate surface area is 129 Å². The van der Waals surface area contributed by atoms with Crippen LogP contribution in [0.3, 0.4) is 0 Å². The van der Waals surface area contributed by atoms with Crippen LogP contribution in [0.1, 0.15) is 11.1 Å². The Morgan fingerprint density at radius 1 is 1.38 bits per heavy atom. The van der Waals surface area contributed by atoms with Crippen molar-refractivity contribution in [2.24, 2.45) is 0 Å². The molecule has 1 aliphatic rings. The number of hydrogen-bond acceptors (Lipinski definition) is 5. The molecule has 116 valence electrons. The maximum atomic E-state index is 11.9. The summed E-state index contributed by atoms with van der Waals surface area (Å²) in [5.41, 5.74) is 1.64. The molecule has 1 N–H and O–H groups in total. The minimum absolute atomic E-state index is 0.0394. The number of carbonyl (C=O) groups is 1. The molecule has 0 aromatic heterocycles. The van der Waals surface area contributed by atoms with E-state index in [0.717, 1.165) is 16.9 Å². The van der Waals surface area contributed by atoms with Crippen molar-refractivity contribution in [1.82, 2.24) is 4.90 Å². The molecule has 1 heterocycles. The molecule has 21 heavy (non-hydrogen) atoms. The van der Waals surface area contributed by atoms with Crippen molar-refractivity contribution in [2.45, 2.75) is 18.3 Å². The lowest BCUT2D eigenvalue weighted by molar-refractivity contribution is -0.136. The van der Waals surface area contributed by atoms with Crippen LogP contribution < -0.4 is 0 Å². The summed E-state index contributed by atoms with van der Waals surface area (Å²) in [6.45, 7) is 1.17. The molecule has 1 unspecified atom stereocenters. The smallest absolute Gasteiger partial charge is 0.307 e. The van der Waals surface area contributed by atoms with Crippen molar-refractivity contribution >= 4 is 27.6 Å². The molecule has 1 aromatic carbocycles. The first-order chi connectivity index (χ1) is 9.88. The van der Waals surface area contributed by atoms with E-state index in [0.29, 0.717) is 18.8 Å². The second-order valence-electron chi connectivity index (χ2n) is 5.17. The van der Waals surface area contributed by atoms with Crippen molar-refractivity contribution in [3.05, 3.63) is 35.4 Å². The fraction of sp³-hybridized carbons (Fsp3) is 0.500. The van der Waals surface area contributed by atoms with Crippen LogP contribution >= 0.6 is 11.8 Å². The minimum atomic E-state index is -3.14. The van der Waals surface area contributed by atoms with E-state index < -0.39 is 21.2 Å². The Balaban J connectivity index is 2.21. The molecule has 2 rings (SSSR count). The molecule has 1 aliphatic heterocycles. The van der Waals surface area contributed by atoms with Gasteiger partial charge in [0.15, 0.2) is 9.84 Å². The van der Waals surface area contributed by atoms with E-state index in [-0.39, 0.29) is 6.42 Å². The number of benzene rings is 1. The molecule has 0 bridgehead atoms. The van der Waals surface area contributed by atoms with Gasteiger partial charge >= 0.3 is 5.97 Å². The Kier molecular flexibility index (Phi) is 5.29. The third-order valence-electron chi connectivity index (χ3n) is 3.52. The minimum Gasteiger partial charge on any atom is -0.481 e. The molecule has 0 spiro atoms. The van der Waals surface area contributed by atoms with Gasteiger partial charge in [0.25, 0.3) is 0 Å². The Morgan fingerprint density at radius 2 is 2.05 bits per heavy atom. The molecular formula is C14H19NO4S2. The summed E-state index contributed by atoms with van der Waals surface area (Å²) >= 11 is 1.64. The molecule has 1 fully saturated rings. The van der Waals surface area contributed by atoms with Crippen molar-refractivity contribution in [2.75, 3.05) is 24.3 Å². The van der Waals surface area contributed by atoms with Crippen LogP contribution in [-0.2, 0) is 27.6 Å². The molecule has 0 saturated carbocycles. The first-order valence-corrected chi connectivity index (χ1v) is 9.78. The lowest BCUT2D eigenvalue weighted by atomic mass is 10.0. The van der Waals surface area contributed by atoms with E-state index in [9.17, 15) is 13.2 Å². The van der Waals surface area contributed by atoms with Gasteiger partial charge in [-0.1, -0.05) is 24.3 Å². The number of rotatable bonds is 5. The Hall–Kier alpha value is -1.05. The highest BCUT2D eigenvalue weighted by atomic mass is 32.2. The second-order valence-corrected chi connectivity index (χ2v) is 8.52. The van der Waals surface area contributed by atoms with Gasteiger partial charge in [0.05, 0.1) is 6.42 Å². The topological polar surface area (TPSA) is 74.7 Å². The molecule has 1 atom stereocenters. The standard InChI is InChI=1S/C14H19NO4S2/c1-21(18,19)13-10-20-7-6-15(13)9-12-5-3-2-4-11(12)8-14(16)17/h2-5,13H,6-10H2,1H3,(H,16,17). The molecule has 7 heteroatoms. The highest BCUT2D eigenvalue weighted by Crippen LogP contribution is 2.23. The van der Waals surface area contributed by atoms with Gasteiger partial charge in [-0.05, 0) is 11.1 Å². The average Bonchev–Trinajstić information content (AvgIpc) is 2.40. The largest absolute Gasteiger partial charge is 0.481 e. The SMILES string of the molecule is CS(=O)(=O)C1CSCCN1Cc1ccccc1CC(=O)O. The van der Waals surface area contributed by atoms with Crippen molar-refractivity contribution in [1.29, 1.82) is 0 Å². The fourth-order valence-corrected chi connectivity index (χ4v) is 5.40. The Bertz CT molecular complexity index is 615. The van der Waals surface area contributed by atoms with E-state index in [1.807, 2.05) is 23.1 Å². The molecule has 1 aromatic rings. The van der Waals surface area contributed by atoms with Gasteiger partial charge in [-0.15, -0.1) is 0 Å². The number of sulfone groups is 1. The maximum Gasteiger partial charge on any atom is 0.307 e. The van der Waals surface area contributed by atoms with Crippen LogP contribution in [0.2, 0.25) is 0 Å². The zero-order valence-electron chi connectivity index (χ0n) is 11.9. The van der Waals surface area contributed by atoms with E-state index in [2.05, 4.69) is 0 Å². The number of aliphatic carboxylic acids is 1. The van der Waals surface area contributed by atoms with Crippen LogP contribution in [0.4, 0.5) is 0 Å². The number of hydrogen-bond donors (Lipinski definition) is 1. The molecule has 0 aliphatic carbocycles. The second kappa shape index (κ2) is 6.81. The van der Waals surface area contributed by atoms with Crippen molar-refractivity contribution in [3.8, 4) is 0 Å². The van der Waals surface area contributed by atoms with Gasteiger partial charge in [0.2, 0.25) is 0 Å². The summed E-state index contributed by atoms with van der Waals surface area (Å²) in [4.78, 5) is 12.9. The molecule has 5 nitrogen and oxygen atoms in total. The summed E-state index contributed by atoms with van der Waals surface area (Å²) in [6, 6.07) is 7.33. The van der Waals surface area contributed by atoms with Crippen LogP contribution in [-0.4, -0.2) is 54.1 Å². The fourth-order valence-electron chi connectivity index (χ4n) is 2.46. The quantitative estimate of drug-likeness (QED) is 0.876. The van der Waals surface area contributed by atoms with E-state index in [4.69, 9.17) is 5.11 Å². The molecule has 0 radical (unpaired) electrons. The first kappa shape index (κ1) is 16.3. The van der Waals surface area contributed by atoms with Gasteiger partial charge in [0, 0.05) is 30.9 Å². The van der Waals surface area contributed by atoms with Gasteiger partial charge in [-0.2, -0.15) is 11.8 Å². The number of carboxylic acids is 1. The lowest BCUT2D eigenvalue weighted by Gasteiger charge is -2.34. The van der Waals surface area contributed by atoms with Gasteiger partial charge in [-0.3, -0.25) is 9.69 Å². The number of nitrogens with zero attached hydrogens (tertiary/aromatic N) is 1. The summed E-state index contributed by atoms with van der Waals surface area (Å²) < 4.78 is 23.8. The van der Waals surface area contributed by atoms with Crippen molar-refractivity contribution in [3.63, 3.8) is 0 Å². The predicted octanol–water partition coefficient (Wildman–Crippen LogP) is 1.23. The van der Waals surface area contributed by atoms with Crippen molar-refractivity contribution < 1.29 is 18.3 Å². The zero-order chi connectivity index (χ0) is 15.5. The third kappa shape index (κ3) is 4.46. The maximum absolute atomic E-state index is 11.9. The predicted molar refractivity (Wildman–Crippen MR) is 84.1 cm³/mol.